The maximum Gasteiger partial charge on any atom is 0.336 e. The average Bonchev–Trinajstić information content (AvgIpc) is 2.79. The highest BCUT2D eigenvalue weighted by atomic mass is 35.5. The molecule has 0 aliphatic carbocycles. The van der Waals surface area contributed by atoms with Crippen LogP contribution in [0.1, 0.15) is 31.8 Å². The van der Waals surface area contributed by atoms with E-state index in [1.807, 2.05) is 0 Å². The first-order valence-corrected chi connectivity index (χ1v) is 10.4. The molecule has 0 spiro atoms. The minimum atomic E-state index is -1.86. The molecule has 0 unspecified atom stereocenters. The van der Waals surface area contributed by atoms with Crippen molar-refractivity contribution in [3.63, 3.8) is 0 Å². The number of carboxylic acid groups (broad SMARTS) is 2. The van der Waals surface area contributed by atoms with Crippen molar-refractivity contribution in [2.24, 2.45) is 0 Å². The number of aliphatic carboxylic acids is 1. The Morgan fingerprint density at radius 3 is 2.27 bits per heavy atom. The molecular formula is C25H22ClNO6. The van der Waals surface area contributed by atoms with Crippen LogP contribution in [0.15, 0.2) is 66.7 Å². The van der Waals surface area contributed by atoms with E-state index in [-0.39, 0.29) is 17.5 Å². The molecular weight excluding hydrogens is 446 g/mol. The molecule has 3 rings (SSSR count). The third-order valence-corrected chi connectivity index (χ3v) is 5.66. The van der Waals surface area contributed by atoms with Crippen LogP contribution in [0.25, 0.3) is 11.1 Å². The number of carbonyl (C=O) groups excluding carboxylic acids is 1. The Balaban J connectivity index is 1.93. The summed E-state index contributed by atoms with van der Waals surface area (Å²) in [5.74, 6) is -3.18. The second-order valence-corrected chi connectivity index (χ2v) is 7.95. The molecule has 2 atom stereocenters. The van der Waals surface area contributed by atoms with Gasteiger partial charge in [0.1, 0.15) is 0 Å². The minimum absolute atomic E-state index is 0.000549. The van der Waals surface area contributed by atoms with Crippen LogP contribution in [0.5, 0.6) is 0 Å². The zero-order valence-electron chi connectivity index (χ0n) is 17.7. The van der Waals surface area contributed by atoms with Crippen molar-refractivity contribution >= 4 is 29.4 Å². The van der Waals surface area contributed by atoms with Gasteiger partial charge in [0.05, 0.1) is 11.6 Å². The highest BCUT2D eigenvalue weighted by Gasteiger charge is 2.28. The zero-order chi connectivity index (χ0) is 24.1. The zero-order valence-corrected chi connectivity index (χ0v) is 18.4. The molecule has 0 bridgehead atoms. The van der Waals surface area contributed by atoms with Gasteiger partial charge in [-0.05, 0) is 59.9 Å². The third kappa shape index (κ3) is 5.58. The summed E-state index contributed by atoms with van der Waals surface area (Å²) in [6.07, 6.45) is -1.86. The molecule has 0 saturated heterocycles. The Kier molecular flexibility index (Phi) is 7.48. The Hall–Kier alpha value is -3.68. The lowest BCUT2D eigenvalue weighted by Crippen LogP contribution is -2.48. The van der Waals surface area contributed by atoms with Gasteiger partial charge in [0.15, 0.2) is 6.10 Å². The van der Waals surface area contributed by atoms with Gasteiger partial charge in [-0.3, -0.25) is 4.79 Å². The fourth-order valence-electron chi connectivity index (χ4n) is 3.52. The van der Waals surface area contributed by atoms with Crippen LogP contribution in [-0.2, 0) is 11.2 Å². The van der Waals surface area contributed by atoms with E-state index in [0.29, 0.717) is 21.7 Å². The number of benzene rings is 3. The molecule has 8 heteroatoms. The third-order valence-electron chi connectivity index (χ3n) is 5.30. The largest absolute Gasteiger partial charge is 0.479 e. The number of rotatable bonds is 8. The number of carbonyl (C=O) groups is 3. The van der Waals surface area contributed by atoms with Gasteiger partial charge in [-0.2, -0.15) is 0 Å². The lowest BCUT2D eigenvalue weighted by molar-refractivity contribution is -0.148. The molecule has 0 aliphatic rings. The summed E-state index contributed by atoms with van der Waals surface area (Å²) in [6.45, 7) is 1.80. The van der Waals surface area contributed by atoms with Crippen molar-refractivity contribution in [2.75, 3.05) is 0 Å². The minimum Gasteiger partial charge on any atom is -0.479 e. The molecule has 3 aromatic carbocycles. The molecule has 7 nitrogen and oxygen atoms in total. The number of aromatic carboxylic acids is 1. The molecule has 170 valence electrons. The molecule has 3 aromatic rings. The number of amides is 1. The molecule has 4 N–H and O–H groups in total. The molecule has 0 heterocycles. The lowest BCUT2D eigenvalue weighted by Gasteiger charge is -2.22. The summed E-state index contributed by atoms with van der Waals surface area (Å²) in [5, 5.41) is 32.0. The summed E-state index contributed by atoms with van der Waals surface area (Å²) in [7, 11) is 0. The Morgan fingerprint density at radius 2 is 1.61 bits per heavy atom. The van der Waals surface area contributed by atoms with Gasteiger partial charge in [-0.1, -0.05) is 54.1 Å². The van der Waals surface area contributed by atoms with E-state index >= 15 is 0 Å². The van der Waals surface area contributed by atoms with Crippen molar-refractivity contribution in [3.8, 4) is 11.1 Å². The molecule has 33 heavy (non-hydrogen) atoms. The predicted molar refractivity (Wildman–Crippen MR) is 124 cm³/mol. The van der Waals surface area contributed by atoms with Gasteiger partial charge in [0.2, 0.25) is 0 Å². The first-order chi connectivity index (χ1) is 15.7. The Labute approximate surface area is 195 Å². The van der Waals surface area contributed by atoms with Crippen LogP contribution >= 0.6 is 11.6 Å². The average molecular weight is 468 g/mol. The number of halogens is 1. The van der Waals surface area contributed by atoms with Gasteiger partial charge in [-0.25, -0.2) is 9.59 Å². The SMILES string of the molecule is Cc1ccc(C(=O)N[C@H](Cc2ccccc2Cl)[C@@H](O)C(=O)O)cc1-c1ccccc1C(=O)O. The highest BCUT2D eigenvalue weighted by molar-refractivity contribution is 6.31. The first-order valence-electron chi connectivity index (χ1n) is 10.1. The number of carboxylic acids is 2. The van der Waals surface area contributed by atoms with Gasteiger partial charge in [0.25, 0.3) is 5.91 Å². The molecule has 0 radical (unpaired) electrons. The molecule has 0 fully saturated rings. The second kappa shape index (κ2) is 10.3. The van der Waals surface area contributed by atoms with Crippen LogP contribution in [0.4, 0.5) is 0 Å². The fourth-order valence-corrected chi connectivity index (χ4v) is 3.74. The van der Waals surface area contributed by atoms with E-state index in [2.05, 4.69) is 5.32 Å². The normalized spacial score (nSPS) is 12.6. The number of hydrogen-bond donors (Lipinski definition) is 4. The Morgan fingerprint density at radius 1 is 0.939 bits per heavy atom. The van der Waals surface area contributed by atoms with Crippen LogP contribution in [-0.4, -0.2) is 45.3 Å². The van der Waals surface area contributed by atoms with Crippen molar-refractivity contribution in [2.45, 2.75) is 25.5 Å². The van der Waals surface area contributed by atoms with Gasteiger partial charge in [-0.15, -0.1) is 0 Å². The van der Waals surface area contributed by atoms with Crippen molar-refractivity contribution in [3.05, 3.63) is 94.0 Å². The topological polar surface area (TPSA) is 124 Å². The van der Waals surface area contributed by atoms with E-state index in [9.17, 15) is 29.7 Å². The van der Waals surface area contributed by atoms with Gasteiger partial charge >= 0.3 is 11.9 Å². The van der Waals surface area contributed by atoms with Crippen molar-refractivity contribution < 1.29 is 29.7 Å². The molecule has 0 saturated carbocycles. The fraction of sp³-hybridized carbons (Fsp3) is 0.160. The quantitative estimate of drug-likeness (QED) is 0.399. The predicted octanol–water partition coefficient (Wildman–Crippen LogP) is 3.80. The van der Waals surface area contributed by atoms with E-state index in [1.165, 1.54) is 6.07 Å². The monoisotopic (exact) mass is 467 g/mol. The number of nitrogens with one attached hydrogen (secondary N) is 1. The molecule has 0 aromatic heterocycles. The maximum atomic E-state index is 13.0. The van der Waals surface area contributed by atoms with Crippen LogP contribution < -0.4 is 5.32 Å². The van der Waals surface area contributed by atoms with Crippen LogP contribution in [0.3, 0.4) is 0 Å². The van der Waals surface area contributed by atoms with E-state index in [0.717, 1.165) is 5.56 Å². The van der Waals surface area contributed by atoms with E-state index < -0.39 is 30.0 Å². The standard InChI is InChI=1S/C25H22ClNO6/c1-14-10-11-16(12-19(14)17-7-3-4-8-18(17)24(30)31)23(29)27-21(22(28)25(32)33)13-15-6-2-5-9-20(15)26/h2-12,21-22,28H,13H2,1H3,(H,27,29)(H,30,31)(H,32,33)/t21-,22-/m1/s1. The summed E-state index contributed by atoms with van der Waals surface area (Å²) in [6, 6.07) is 16.8. The lowest BCUT2D eigenvalue weighted by atomic mass is 9.94. The Bertz CT molecular complexity index is 1210. The maximum absolute atomic E-state index is 13.0. The molecule has 1 amide bonds. The number of aliphatic hydroxyl groups is 1. The van der Waals surface area contributed by atoms with Crippen LogP contribution in [0, 0.1) is 6.92 Å². The van der Waals surface area contributed by atoms with E-state index in [4.69, 9.17) is 11.6 Å². The summed E-state index contributed by atoms with van der Waals surface area (Å²) >= 11 is 6.16. The van der Waals surface area contributed by atoms with Crippen LogP contribution in [0.2, 0.25) is 5.02 Å². The van der Waals surface area contributed by atoms with E-state index in [1.54, 1.807) is 67.6 Å². The van der Waals surface area contributed by atoms with Crippen molar-refractivity contribution in [1.82, 2.24) is 5.32 Å². The summed E-state index contributed by atoms with van der Waals surface area (Å²) < 4.78 is 0. The smallest absolute Gasteiger partial charge is 0.336 e. The number of hydrogen-bond acceptors (Lipinski definition) is 4. The summed E-state index contributed by atoms with van der Waals surface area (Å²) in [5.41, 5.74) is 2.63. The summed E-state index contributed by atoms with van der Waals surface area (Å²) in [4.78, 5) is 36.1. The first kappa shape index (κ1) is 24.0. The second-order valence-electron chi connectivity index (χ2n) is 7.54. The van der Waals surface area contributed by atoms with Gasteiger partial charge in [0, 0.05) is 10.6 Å². The van der Waals surface area contributed by atoms with Gasteiger partial charge < -0.3 is 20.6 Å². The highest BCUT2D eigenvalue weighted by Crippen LogP contribution is 2.28. The molecule has 0 aliphatic heterocycles. The number of aryl methyl sites for hydroxylation is 1. The van der Waals surface area contributed by atoms with Crippen molar-refractivity contribution in [1.29, 1.82) is 0 Å². The number of aliphatic hydroxyl groups excluding tert-OH is 1.